The Labute approximate surface area is 278 Å². The van der Waals surface area contributed by atoms with Crippen molar-refractivity contribution < 1.29 is 14.4 Å². The second-order valence-electron chi connectivity index (χ2n) is 11.4. The van der Waals surface area contributed by atoms with Crippen LogP contribution in [-0.4, -0.2) is 23.0 Å². The summed E-state index contributed by atoms with van der Waals surface area (Å²) in [6.45, 7) is 6.15. The highest BCUT2D eigenvalue weighted by Crippen LogP contribution is 2.40. The van der Waals surface area contributed by atoms with Crippen LogP contribution in [0, 0.1) is 24.2 Å². The van der Waals surface area contributed by atoms with Crippen molar-refractivity contribution >= 4 is 57.6 Å². The van der Waals surface area contributed by atoms with Crippen LogP contribution in [0.15, 0.2) is 89.5 Å². The Morgan fingerprint density at radius 3 is 2.52 bits per heavy atom. The minimum atomic E-state index is -0.475. The number of thiophene rings is 1. The molecule has 5 rings (SSSR count). The maximum atomic E-state index is 13.5. The molecule has 0 fully saturated rings. The number of benzene rings is 3. The number of carbonyl (C=O) groups is 3. The highest BCUT2D eigenvalue weighted by Gasteiger charge is 2.27. The first kappa shape index (κ1) is 32.7. The Balaban J connectivity index is 1.30. The van der Waals surface area contributed by atoms with Gasteiger partial charge in [-0.05, 0) is 86.1 Å². The van der Waals surface area contributed by atoms with E-state index in [4.69, 9.17) is 0 Å². The monoisotopic (exact) mass is 648 g/mol. The summed E-state index contributed by atoms with van der Waals surface area (Å²) in [5.41, 5.74) is 4.60. The van der Waals surface area contributed by atoms with Crippen LogP contribution in [0.1, 0.15) is 64.2 Å². The van der Waals surface area contributed by atoms with Crippen LogP contribution in [0.4, 0.5) is 10.7 Å². The second-order valence-corrected chi connectivity index (χ2v) is 13.8. The van der Waals surface area contributed by atoms with Crippen molar-refractivity contribution in [1.82, 2.24) is 5.32 Å². The number of fused-ring (bicyclic) bond motifs is 1. The molecule has 3 aromatic carbocycles. The van der Waals surface area contributed by atoms with Gasteiger partial charge < -0.3 is 16.0 Å². The summed E-state index contributed by atoms with van der Waals surface area (Å²) in [4.78, 5) is 41.9. The number of amides is 3. The predicted octanol–water partition coefficient (Wildman–Crippen LogP) is 7.97. The third-order valence-corrected chi connectivity index (χ3v) is 10.3. The molecule has 0 spiro atoms. The quantitative estimate of drug-likeness (QED) is 0.119. The molecule has 0 radical (unpaired) electrons. The van der Waals surface area contributed by atoms with E-state index in [1.807, 2.05) is 62.4 Å². The lowest BCUT2D eigenvalue weighted by molar-refractivity contribution is -0.116. The lowest BCUT2D eigenvalue weighted by atomic mass is 9.88. The van der Waals surface area contributed by atoms with Gasteiger partial charge in [0.1, 0.15) is 16.8 Å². The number of hydrogen-bond donors (Lipinski definition) is 3. The smallest absolute Gasteiger partial charge is 0.272 e. The molecule has 3 amide bonds. The summed E-state index contributed by atoms with van der Waals surface area (Å²) in [6, 6.07) is 26.0. The van der Waals surface area contributed by atoms with Crippen molar-refractivity contribution in [2.45, 2.75) is 56.6 Å². The molecule has 0 bridgehead atoms. The molecule has 0 saturated carbocycles. The van der Waals surface area contributed by atoms with Gasteiger partial charge >= 0.3 is 0 Å². The van der Waals surface area contributed by atoms with Crippen LogP contribution in [0.3, 0.4) is 0 Å². The fourth-order valence-corrected chi connectivity index (χ4v) is 7.63. The van der Waals surface area contributed by atoms with Crippen LogP contribution >= 0.6 is 23.1 Å². The molecule has 9 heteroatoms. The molecule has 1 aromatic heterocycles. The molecule has 46 heavy (non-hydrogen) atoms. The number of hydrogen-bond acceptors (Lipinski definition) is 6. The number of nitrogens with zero attached hydrogens (tertiary/aromatic N) is 1. The van der Waals surface area contributed by atoms with Crippen LogP contribution in [0.5, 0.6) is 0 Å². The van der Waals surface area contributed by atoms with Crippen molar-refractivity contribution in [3.63, 3.8) is 0 Å². The van der Waals surface area contributed by atoms with Gasteiger partial charge in [-0.25, -0.2) is 0 Å². The third kappa shape index (κ3) is 8.13. The molecule has 234 valence electrons. The van der Waals surface area contributed by atoms with Crippen molar-refractivity contribution in [3.8, 4) is 6.07 Å². The van der Waals surface area contributed by atoms with Gasteiger partial charge in [0.05, 0.1) is 10.8 Å². The van der Waals surface area contributed by atoms with Crippen LogP contribution in [0.2, 0.25) is 0 Å². The first-order chi connectivity index (χ1) is 22.2. The topological polar surface area (TPSA) is 111 Å². The number of rotatable bonds is 10. The summed E-state index contributed by atoms with van der Waals surface area (Å²) in [5.74, 6) is -0.452. The standard InChI is InChI=1S/C37H36N4O3S2/c1-4-32(36(44)41-37-30(22-38)29-18-15-24(3)19-33(29)46-37)45-28-12-8-11-27(21-28)39-35(43)31(20-25-16-13-23(2)14-17-25)40-34(42)26-9-6-5-7-10-26/h5-14,16-17,20-21,24,32H,4,15,18-19H2,1-3H3,(H,39,43)(H,40,42)(H,41,44)/b31-20+. The Bertz CT molecular complexity index is 1810. The lowest BCUT2D eigenvalue weighted by Gasteiger charge is -2.17. The van der Waals surface area contributed by atoms with Crippen molar-refractivity contribution in [1.29, 1.82) is 5.26 Å². The highest BCUT2D eigenvalue weighted by molar-refractivity contribution is 8.00. The van der Waals surface area contributed by atoms with E-state index in [0.717, 1.165) is 40.8 Å². The minimum absolute atomic E-state index is 0.0999. The zero-order valence-electron chi connectivity index (χ0n) is 26.1. The van der Waals surface area contributed by atoms with Crippen LogP contribution in [-0.2, 0) is 22.4 Å². The maximum absolute atomic E-state index is 13.5. The third-order valence-electron chi connectivity index (χ3n) is 7.81. The van der Waals surface area contributed by atoms with Gasteiger partial charge in [-0.1, -0.05) is 67.9 Å². The zero-order chi connectivity index (χ0) is 32.6. The fraction of sp³-hybridized carbons (Fsp3) is 0.243. The molecule has 7 nitrogen and oxygen atoms in total. The highest BCUT2D eigenvalue weighted by atomic mass is 32.2. The zero-order valence-corrected chi connectivity index (χ0v) is 27.7. The van der Waals surface area contributed by atoms with Gasteiger partial charge in [0.15, 0.2) is 0 Å². The molecule has 2 unspecified atom stereocenters. The van der Waals surface area contributed by atoms with E-state index in [1.165, 1.54) is 28.0 Å². The van der Waals surface area contributed by atoms with E-state index in [-0.39, 0.29) is 11.6 Å². The van der Waals surface area contributed by atoms with Crippen molar-refractivity contribution in [2.75, 3.05) is 10.6 Å². The van der Waals surface area contributed by atoms with E-state index in [1.54, 1.807) is 36.4 Å². The van der Waals surface area contributed by atoms with Gasteiger partial charge in [-0.2, -0.15) is 5.26 Å². The molecular formula is C37H36N4O3S2. The average molecular weight is 649 g/mol. The Kier molecular flexibility index (Phi) is 10.7. The Morgan fingerprint density at radius 1 is 1.04 bits per heavy atom. The summed E-state index contributed by atoms with van der Waals surface area (Å²) in [5, 5.41) is 18.8. The lowest BCUT2D eigenvalue weighted by Crippen LogP contribution is -2.30. The van der Waals surface area contributed by atoms with Gasteiger partial charge in [0.2, 0.25) is 5.91 Å². The predicted molar refractivity (Wildman–Crippen MR) is 187 cm³/mol. The van der Waals surface area contributed by atoms with Gasteiger partial charge in [-0.15, -0.1) is 23.1 Å². The summed E-state index contributed by atoms with van der Waals surface area (Å²) < 4.78 is 0. The molecule has 0 aliphatic heterocycles. The van der Waals surface area contributed by atoms with Gasteiger partial charge in [-0.3, -0.25) is 14.4 Å². The largest absolute Gasteiger partial charge is 0.321 e. The molecule has 0 saturated heterocycles. The van der Waals surface area contributed by atoms with E-state index in [9.17, 15) is 19.6 Å². The Morgan fingerprint density at radius 2 is 1.80 bits per heavy atom. The number of aryl methyl sites for hydroxylation is 1. The van der Waals surface area contributed by atoms with Crippen molar-refractivity contribution in [2.24, 2.45) is 5.92 Å². The molecule has 1 aliphatic rings. The second kappa shape index (κ2) is 15.1. The molecule has 1 aliphatic carbocycles. The van der Waals surface area contributed by atoms with Crippen LogP contribution in [0.25, 0.3) is 6.08 Å². The Hall–Kier alpha value is -4.65. The fourth-order valence-electron chi connectivity index (χ4n) is 5.25. The average Bonchev–Trinajstić information content (AvgIpc) is 3.40. The number of anilines is 2. The number of nitriles is 1. The van der Waals surface area contributed by atoms with E-state index < -0.39 is 17.1 Å². The molecule has 3 N–H and O–H groups in total. The molecule has 4 aromatic rings. The normalized spacial score (nSPS) is 14.8. The van der Waals surface area contributed by atoms with Gasteiger partial charge in [0, 0.05) is 21.0 Å². The summed E-state index contributed by atoms with van der Waals surface area (Å²) in [6.07, 6.45) is 5.08. The van der Waals surface area contributed by atoms with Gasteiger partial charge in [0.25, 0.3) is 11.8 Å². The van der Waals surface area contributed by atoms with Crippen molar-refractivity contribution in [3.05, 3.63) is 117 Å². The first-order valence-corrected chi connectivity index (χ1v) is 17.0. The maximum Gasteiger partial charge on any atom is 0.272 e. The van der Waals surface area contributed by atoms with E-state index in [0.29, 0.717) is 34.2 Å². The number of thioether (sulfide) groups is 1. The number of nitrogens with one attached hydrogen (secondary N) is 3. The SMILES string of the molecule is CCC(Sc1cccc(NC(=O)/C(=C\c2ccc(C)cc2)NC(=O)c2ccccc2)c1)C(=O)Nc1sc2c(c1C#N)CCC(C)C2. The van der Waals surface area contributed by atoms with Crippen LogP contribution < -0.4 is 16.0 Å². The summed E-state index contributed by atoms with van der Waals surface area (Å²) >= 11 is 2.92. The minimum Gasteiger partial charge on any atom is -0.321 e. The molecule has 1 heterocycles. The molecular weight excluding hydrogens is 613 g/mol. The number of carbonyl (C=O) groups excluding carboxylic acids is 3. The van der Waals surface area contributed by atoms with E-state index >= 15 is 0 Å². The first-order valence-electron chi connectivity index (χ1n) is 15.3. The molecule has 2 atom stereocenters. The summed E-state index contributed by atoms with van der Waals surface area (Å²) in [7, 11) is 0. The van der Waals surface area contributed by atoms with E-state index in [2.05, 4.69) is 28.9 Å².